The molecule has 0 amide bonds. The van der Waals surface area contributed by atoms with Crippen LogP contribution in [0.2, 0.25) is 0 Å². The van der Waals surface area contributed by atoms with Gasteiger partial charge in [0.25, 0.3) is 0 Å². The summed E-state index contributed by atoms with van der Waals surface area (Å²) < 4.78 is 0. The number of nitrogens with zero attached hydrogens (tertiary/aromatic N) is 1. The SMILES string of the molecule is CC1(C)CCC(O)C(CN2CCCCc3ccccc32)C1. The summed E-state index contributed by atoms with van der Waals surface area (Å²) in [6.07, 6.45) is 6.90. The van der Waals surface area contributed by atoms with Crippen LogP contribution in [0, 0.1) is 11.3 Å². The summed E-state index contributed by atoms with van der Waals surface area (Å²) in [4.78, 5) is 2.54. The van der Waals surface area contributed by atoms with Crippen molar-refractivity contribution in [1.82, 2.24) is 0 Å². The molecule has 1 aliphatic heterocycles. The number of benzene rings is 1. The van der Waals surface area contributed by atoms with Crippen molar-refractivity contribution >= 4 is 5.69 Å². The number of hydrogen-bond donors (Lipinski definition) is 1. The maximum atomic E-state index is 10.4. The molecule has 2 unspecified atom stereocenters. The molecule has 0 saturated heterocycles. The van der Waals surface area contributed by atoms with Crippen LogP contribution < -0.4 is 4.90 Å². The number of rotatable bonds is 2. The first-order chi connectivity index (χ1) is 10.1. The smallest absolute Gasteiger partial charge is 0.0585 e. The van der Waals surface area contributed by atoms with E-state index in [1.807, 2.05) is 0 Å². The zero-order chi connectivity index (χ0) is 14.9. The van der Waals surface area contributed by atoms with Gasteiger partial charge in [0.15, 0.2) is 0 Å². The molecule has 0 spiro atoms. The first-order valence-electron chi connectivity index (χ1n) is 8.56. The van der Waals surface area contributed by atoms with Crippen LogP contribution in [0.15, 0.2) is 24.3 Å². The van der Waals surface area contributed by atoms with E-state index in [4.69, 9.17) is 0 Å². The highest BCUT2D eigenvalue weighted by Crippen LogP contribution is 2.40. The predicted octanol–water partition coefficient (Wildman–Crippen LogP) is 4.02. The fraction of sp³-hybridized carbons (Fsp3) is 0.684. The number of aliphatic hydroxyl groups excluding tert-OH is 1. The molecular weight excluding hydrogens is 258 g/mol. The molecule has 2 heteroatoms. The quantitative estimate of drug-likeness (QED) is 0.888. The number of hydrogen-bond acceptors (Lipinski definition) is 2. The van der Waals surface area contributed by atoms with Crippen LogP contribution >= 0.6 is 0 Å². The average Bonchev–Trinajstić information content (AvgIpc) is 2.66. The third kappa shape index (κ3) is 3.42. The molecule has 2 nitrogen and oxygen atoms in total. The number of anilines is 1. The van der Waals surface area contributed by atoms with Crippen molar-refractivity contribution < 1.29 is 5.11 Å². The lowest BCUT2D eigenvalue weighted by Gasteiger charge is -2.41. The van der Waals surface area contributed by atoms with Crippen LogP contribution in [0.1, 0.15) is 51.5 Å². The van der Waals surface area contributed by atoms with Crippen molar-refractivity contribution in [3.8, 4) is 0 Å². The van der Waals surface area contributed by atoms with E-state index in [9.17, 15) is 5.11 Å². The Morgan fingerprint density at radius 3 is 2.90 bits per heavy atom. The highest BCUT2D eigenvalue weighted by atomic mass is 16.3. The van der Waals surface area contributed by atoms with Gasteiger partial charge in [-0.3, -0.25) is 0 Å². The largest absolute Gasteiger partial charge is 0.393 e. The fourth-order valence-corrected chi connectivity index (χ4v) is 4.15. The van der Waals surface area contributed by atoms with Crippen molar-refractivity contribution in [2.24, 2.45) is 11.3 Å². The highest BCUT2D eigenvalue weighted by molar-refractivity contribution is 5.54. The molecule has 2 aliphatic rings. The van der Waals surface area contributed by atoms with Crippen molar-refractivity contribution in [3.63, 3.8) is 0 Å². The minimum Gasteiger partial charge on any atom is -0.393 e. The van der Waals surface area contributed by atoms with Gasteiger partial charge in [-0.1, -0.05) is 32.0 Å². The maximum Gasteiger partial charge on any atom is 0.0585 e. The predicted molar refractivity (Wildman–Crippen MR) is 88.7 cm³/mol. The van der Waals surface area contributed by atoms with E-state index >= 15 is 0 Å². The first kappa shape index (κ1) is 14.9. The second kappa shape index (κ2) is 6.00. The van der Waals surface area contributed by atoms with E-state index in [0.717, 1.165) is 32.4 Å². The molecule has 0 aromatic heterocycles. The summed E-state index contributed by atoms with van der Waals surface area (Å²) in [7, 11) is 0. The van der Waals surface area contributed by atoms with Gasteiger partial charge in [0, 0.05) is 24.7 Å². The van der Waals surface area contributed by atoms with Crippen LogP contribution in [-0.2, 0) is 6.42 Å². The van der Waals surface area contributed by atoms with Crippen molar-refractivity contribution in [3.05, 3.63) is 29.8 Å². The molecule has 1 aliphatic carbocycles. The molecule has 3 rings (SSSR count). The third-order valence-corrected chi connectivity index (χ3v) is 5.39. The molecule has 0 radical (unpaired) electrons. The minimum absolute atomic E-state index is 0.117. The zero-order valence-electron chi connectivity index (χ0n) is 13.5. The Morgan fingerprint density at radius 1 is 1.24 bits per heavy atom. The lowest BCUT2D eigenvalue weighted by Crippen LogP contribution is -2.41. The van der Waals surface area contributed by atoms with Crippen LogP contribution in [0.3, 0.4) is 0 Å². The summed E-state index contributed by atoms with van der Waals surface area (Å²) >= 11 is 0. The molecule has 21 heavy (non-hydrogen) atoms. The molecule has 2 atom stereocenters. The van der Waals surface area contributed by atoms with Crippen molar-refractivity contribution in [2.45, 2.75) is 58.5 Å². The summed E-state index contributed by atoms with van der Waals surface area (Å²) in [5, 5.41) is 10.4. The van der Waals surface area contributed by atoms with E-state index < -0.39 is 0 Å². The van der Waals surface area contributed by atoms with Gasteiger partial charge < -0.3 is 10.0 Å². The van der Waals surface area contributed by atoms with E-state index in [0.29, 0.717) is 11.3 Å². The van der Waals surface area contributed by atoms with Crippen molar-refractivity contribution in [1.29, 1.82) is 0 Å². The molecule has 1 heterocycles. The van der Waals surface area contributed by atoms with E-state index in [-0.39, 0.29) is 6.10 Å². The van der Waals surface area contributed by atoms with E-state index in [2.05, 4.69) is 43.0 Å². The Balaban J connectivity index is 1.77. The third-order valence-electron chi connectivity index (χ3n) is 5.39. The van der Waals surface area contributed by atoms with Gasteiger partial charge in [-0.25, -0.2) is 0 Å². The first-order valence-corrected chi connectivity index (χ1v) is 8.56. The lowest BCUT2D eigenvalue weighted by molar-refractivity contribution is 0.0249. The van der Waals surface area contributed by atoms with Gasteiger partial charge in [-0.2, -0.15) is 0 Å². The second-order valence-corrected chi connectivity index (χ2v) is 7.77. The number of aryl methyl sites for hydroxylation is 1. The molecule has 0 bridgehead atoms. The van der Waals surface area contributed by atoms with Gasteiger partial charge in [0.1, 0.15) is 0 Å². The monoisotopic (exact) mass is 287 g/mol. The molecular formula is C19H29NO. The molecule has 1 N–H and O–H groups in total. The minimum atomic E-state index is -0.117. The van der Waals surface area contributed by atoms with E-state index in [1.54, 1.807) is 0 Å². The van der Waals surface area contributed by atoms with Crippen LogP contribution in [0.4, 0.5) is 5.69 Å². The molecule has 1 aromatic rings. The summed E-state index contributed by atoms with van der Waals surface area (Å²) in [5.41, 5.74) is 3.28. The second-order valence-electron chi connectivity index (χ2n) is 7.77. The highest BCUT2D eigenvalue weighted by Gasteiger charge is 2.35. The molecule has 1 aromatic carbocycles. The van der Waals surface area contributed by atoms with Crippen LogP contribution in [0.5, 0.6) is 0 Å². The zero-order valence-corrected chi connectivity index (χ0v) is 13.5. The van der Waals surface area contributed by atoms with Gasteiger partial charge in [0.05, 0.1) is 6.10 Å². The number of para-hydroxylation sites is 1. The van der Waals surface area contributed by atoms with Gasteiger partial charge >= 0.3 is 0 Å². The number of fused-ring (bicyclic) bond motifs is 1. The normalized spacial score (nSPS) is 28.8. The Hall–Kier alpha value is -1.02. The Kier molecular flexibility index (Phi) is 4.26. The Bertz CT molecular complexity index is 482. The van der Waals surface area contributed by atoms with E-state index in [1.165, 1.54) is 30.5 Å². The molecule has 116 valence electrons. The number of aliphatic hydroxyl groups is 1. The maximum absolute atomic E-state index is 10.4. The summed E-state index contributed by atoms with van der Waals surface area (Å²) in [6, 6.07) is 8.84. The Labute approximate surface area is 129 Å². The summed E-state index contributed by atoms with van der Waals surface area (Å²) in [5.74, 6) is 0.417. The molecule has 1 fully saturated rings. The topological polar surface area (TPSA) is 23.5 Å². The molecule has 1 saturated carbocycles. The van der Waals surface area contributed by atoms with Gasteiger partial charge in [-0.15, -0.1) is 0 Å². The lowest BCUT2D eigenvalue weighted by atomic mass is 9.70. The fourth-order valence-electron chi connectivity index (χ4n) is 4.15. The van der Waals surface area contributed by atoms with Crippen LogP contribution in [0.25, 0.3) is 0 Å². The standard InChI is InChI=1S/C19H29NO/c1-19(2)11-10-18(21)16(13-19)14-20-12-6-5-8-15-7-3-4-9-17(15)20/h3-4,7,9,16,18,21H,5-6,8,10-14H2,1-2H3. The Morgan fingerprint density at radius 2 is 2.05 bits per heavy atom. The average molecular weight is 287 g/mol. The van der Waals surface area contributed by atoms with Crippen molar-refractivity contribution in [2.75, 3.05) is 18.0 Å². The van der Waals surface area contributed by atoms with Crippen LogP contribution in [-0.4, -0.2) is 24.3 Å². The van der Waals surface area contributed by atoms with Gasteiger partial charge in [0.2, 0.25) is 0 Å². The summed E-state index contributed by atoms with van der Waals surface area (Å²) in [6.45, 7) is 6.85. The van der Waals surface area contributed by atoms with Gasteiger partial charge in [-0.05, 0) is 55.6 Å².